The summed E-state index contributed by atoms with van der Waals surface area (Å²) in [4.78, 5) is 8.82. The van der Waals surface area contributed by atoms with Gasteiger partial charge >= 0.3 is 0 Å². The Morgan fingerprint density at radius 3 is 1.14 bits per heavy atom. The van der Waals surface area contributed by atoms with Gasteiger partial charge in [0.2, 0.25) is 5.69 Å². The molecule has 2 heterocycles. The van der Waals surface area contributed by atoms with E-state index in [0.717, 1.165) is 99.3 Å². The molecule has 0 bridgehead atoms. The van der Waals surface area contributed by atoms with Crippen molar-refractivity contribution >= 4 is 105 Å². The van der Waals surface area contributed by atoms with Crippen LogP contribution in [0.25, 0.3) is 81.4 Å². The van der Waals surface area contributed by atoms with Crippen molar-refractivity contribution in [3.63, 3.8) is 0 Å². The highest BCUT2D eigenvalue weighted by molar-refractivity contribution is 6.23. The molecule has 0 saturated heterocycles. The lowest BCUT2D eigenvalue weighted by molar-refractivity contribution is 1.14. The summed E-state index contributed by atoms with van der Waals surface area (Å²) in [5.74, 6) is 0. The average molecular weight is 893 g/mol. The lowest BCUT2D eigenvalue weighted by Crippen LogP contribution is -2.09. The summed E-state index contributed by atoms with van der Waals surface area (Å²) in [7, 11) is 0. The Bertz CT molecular complexity index is 3900. The third-order valence-corrected chi connectivity index (χ3v) is 13.7. The Kier molecular flexibility index (Phi) is 9.50. The monoisotopic (exact) mass is 892 g/mol. The number of hydrogen-bond donors (Lipinski definition) is 0. The molecule has 0 aliphatic rings. The van der Waals surface area contributed by atoms with Crippen molar-refractivity contribution in [2.45, 2.75) is 0 Å². The summed E-state index contributed by atoms with van der Waals surface area (Å²) in [5, 5.41) is 20.1. The first-order valence-electron chi connectivity index (χ1n) is 23.4. The molecule has 2 aromatic heterocycles. The van der Waals surface area contributed by atoms with Gasteiger partial charge < -0.3 is 18.9 Å². The first-order valence-corrected chi connectivity index (χ1v) is 23.4. The minimum absolute atomic E-state index is 0.290. The van der Waals surface area contributed by atoms with Crippen molar-refractivity contribution in [1.82, 2.24) is 9.13 Å². The van der Waals surface area contributed by atoms with Crippen molar-refractivity contribution in [1.29, 1.82) is 5.26 Å². The molecule has 11 aromatic carbocycles. The van der Waals surface area contributed by atoms with Gasteiger partial charge in [-0.1, -0.05) is 133 Å². The number of para-hydroxylation sites is 4. The van der Waals surface area contributed by atoms with Crippen molar-refractivity contribution in [3.8, 4) is 17.4 Å². The van der Waals surface area contributed by atoms with Gasteiger partial charge in [-0.15, -0.1) is 0 Å². The van der Waals surface area contributed by atoms with Gasteiger partial charge in [-0.2, -0.15) is 5.26 Å². The summed E-state index contributed by atoms with van der Waals surface area (Å²) in [6, 6.07) is 87.1. The van der Waals surface area contributed by atoms with Crippen molar-refractivity contribution < 1.29 is 0 Å². The first kappa shape index (κ1) is 40.4. The number of anilines is 6. The van der Waals surface area contributed by atoms with Crippen molar-refractivity contribution in [2.24, 2.45) is 0 Å². The van der Waals surface area contributed by atoms with E-state index in [4.69, 9.17) is 6.57 Å². The smallest absolute Gasteiger partial charge is 0.230 e. The van der Waals surface area contributed by atoms with Crippen LogP contribution in [0.1, 0.15) is 5.56 Å². The third kappa shape index (κ3) is 6.33. The van der Waals surface area contributed by atoms with E-state index in [1.807, 2.05) is 36.4 Å². The Morgan fingerprint density at radius 1 is 0.357 bits per heavy atom. The van der Waals surface area contributed by atoms with E-state index in [1.54, 1.807) is 0 Å². The Hall–Kier alpha value is -9.88. The summed E-state index contributed by atoms with van der Waals surface area (Å²) < 4.78 is 4.36. The van der Waals surface area contributed by atoms with Gasteiger partial charge in [0.15, 0.2) is 0 Å². The maximum Gasteiger partial charge on any atom is 0.230 e. The summed E-state index contributed by atoms with van der Waals surface area (Å²) >= 11 is 0. The maximum atomic E-state index is 11.4. The van der Waals surface area contributed by atoms with Crippen LogP contribution in [-0.4, -0.2) is 9.13 Å². The number of hydrogen-bond acceptors (Lipinski definition) is 3. The predicted octanol–water partition coefficient (Wildman–Crippen LogP) is 17.5. The Labute approximate surface area is 404 Å². The molecule has 0 radical (unpaired) electrons. The van der Waals surface area contributed by atoms with Gasteiger partial charge in [-0.05, 0) is 131 Å². The van der Waals surface area contributed by atoms with Crippen LogP contribution < -0.4 is 9.80 Å². The van der Waals surface area contributed by atoms with Gasteiger partial charge in [0.1, 0.15) is 0 Å². The highest BCUT2D eigenvalue weighted by atomic mass is 15.1. The van der Waals surface area contributed by atoms with Crippen LogP contribution in [0.5, 0.6) is 0 Å². The molecular weight excluding hydrogens is 853 g/mol. The molecule has 0 aliphatic carbocycles. The van der Waals surface area contributed by atoms with Crippen molar-refractivity contribution in [3.05, 3.63) is 260 Å². The standard InChI is InChI=1S/C64H40N6/c1-66-64-55(42-65)58(69-56-36-32-49(67(45-20-6-2-7-21-45)46-22-8-3-9-23-46)40-53(56)62-51-28-16-14-18-43(51)30-34-59(62)69)38-39-61(64)70-57-37-33-50(68(47-24-10-4-11-25-47)48-26-12-5-13-27-48)41-54(57)63-52-29-17-15-19-44(52)31-35-60(63)70/h2-41H. The van der Waals surface area contributed by atoms with E-state index in [1.165, 1.54) is 0 Å². The second kappa shape index (κ2) is 16.5. The topological polar surface area (TPSA) is 44.5 Å². The Balaban J connectivity index is 1.05. The molecule has 6 nitrogen and oxygen atoms in total. The highest BCUT2D eigenvalue weighted by Gasteiger charge is 2.26. The largest absolute Gasteiger partial charge is 0.319 e. The first-order chi connectivity index (χ1) is 34.7. The van der Waals surface area contributed by atoms with Gasteiger partial charge in [0.25, 0.3) is 0 Å². The normalized spacial score (nSPS) is 11.4. The van der Waals surface area contributed by atoms with Gasteiger partial charge in [-0.25, -0.2) is 4.85 Å². The van der Waals surface area contributed by atoms with Crippen LogP contribution >= 0.6 is 0 Å². The van der Waals surface area contributed by atoms with Gasteiger partial charge in [0, 0.05) is 55.7 Å². The number of fused-ring (bicyclic) bond motifs is 10. The molecular formula is C64H40N6. The van der Waals surface area contributed by atoms with Crippen LogP contribution in [0.3, 0.4) is 0 Å². The minimum atomic E-state index is 0.290. The molecule has 0 fully saturated rings. The molecule has 0 atom stereocenters. The fourth-order valence-corrected chi connectivity index (χ4v) is 10.7. The number of nitrogens with zero attached hydrogens (tertiary/aromatic N) is 6. The predicted molar refractivity (Wildman–Crippen MR) is 290 cm³/mol. The molecule has 326 valence electrons. The van der Waals surface area contributed by atoms with Crippen LogP contribution in [-0.2, 0) is 0 Å². The molecule has 0 amide bonds. The molecule has 0 spiro atoms. The minimum Gasteiger partial charge on any atom is -0.319 e. The third-order valence-electron chi connectivity index (χ3n) is 13.7. The fraction of sp³-hybridized carbons (Fsp3) is 0. The molecule has 13 rings (SSSR count). The van der Waals surface area contributed by atoms with E-state index in [-0.39, 0.29) is 5.69 Å². The van der Waals surface area contributed by atoms with E-state index >= 15 is 0 Å². The quantitative estimate of drug-likeness (QED) is 0.143. The Morgan fingerprint density at radius 2 is 0.729 bits per heavy atom. The molecule has 0 saturated carbocycles. The zero-order valence-corrected chi connectivity index (χ0v) is 37.8. The van der Waals surface area contributed by atoms with Crippen LogP contribution in [0.4, 0.5) is 39.8 Å². The van der Waals surface area contributed by atoms with Gasteiger partial charge in [-0.3, -0.25) is 0 Å². The van der Waals surface area contributed by atoms with Crippen LogP contribution in [0.2, 0.25) is 0 Å². The lowest BCUT2D eigenvalue weighted by atomic mass is 10.0. The summed E-state index contributed by atoms with van der Waals surface area (Å²) in [5.41, 5.74) is 11.9. The lowest BCUT2D eigenvalue weighted by Gasteiger charge is -2.25. The number of aromatic nitrogens is 2. The molecule has 0 N–H and O–H groups in total. The second-order valence-corrected chi connectivity index (χ2v) is 17.5. The van der Waals surface area contributed by atoms with Crippen molar-refractivity contribution in [2.75, 3.05) is 9.80 Å². The SMILES string of the molecule is [C-]#[N+]c1c(-n2c3ccc(N(c4ccccc4)c4ccccc4)cc3c3c4ccccc4ccc32)ccc(-n2c3ccc(N(c4ccccc4)c4ccccc4)cc3c3c4ccccc4ccc32)c1C#N. The maximum absolute atomic E-state index is 11.4. The summed E-state index contributed by atoms with van der Waals surface area (Å²) in [6.45, 7) is 8.89. The van der Waals surface area contributed by atoms with Crippen LogP contribution in [0, 0.1) is 17.9 Å². The van der Waals surface area contributed by atoms with E-state index in [0.29, 0.717) is 16.9 Å². The van der Waals surface area contributed by atoms with E-state index in [2.05, 4.69) is 236 Å². The molecule has 13 aromatic rings. The summed E-state index contributed by atoms with van der Waals surface area (Å²) in [6.07, 6.45) is 0. The molecule has 6 heteroatoms. The zero-order chi connectivity index (χ0) is 46.7. The van der Waals surface area contributed by atoms with E-state index in [9.17, 15) is 5.26 Å². The van der Waals surface area contributed by atoms with Crippen LogP contribution in [0.15, 0.2) is 243 Å². The van der Waals surface area contributed by atoms with E-state index < -0.39 is 0 Å². The number of benzene rings is 11. The zero-order valence-electron chi connectivity index (χ0n) is 37.8. The molecule has 0 unspecified atom stereocenters. The van der Waals surface area contributed by atoms with Gasteiger partial charge in [0.05, 0.1) is 51.6 Å². The molecule has 70 heavy (non-hydrogen) atoms. The fourth-order valence-electron chi connectivity index (χ4n) is 10.7. The number of rotatable bonds is 8. The second-order valence-electron chi connectivity index (χ2n) is 17.5. The highest BCUT2D eigenvalue weighted by Crippen LogP contribution is 2.47. The number of nitriles is 1. The molecule has 0 aliphatic heterocycles. The average Bonchev–Trinajstić information content (AvgIpc) is 3.94.